The van der Waals surface area contributed by atoms with Gasteiger partial charge in [-0.2, -0.15) is 0 Å². The van der Waals surface area contributed by atoms with Crippen molar-refractivity contribution in [2.24, 2.45) is 0 Å². The van der Waals surface area contributed by atoms with Crippen LogP contribution in [0.4, 0.5) is 0 Å². The molecule has 0 radical (unpaired) electrons. The van der Waals surface area contributed by atoms with Gasteiger partial charge >= 0.3 is 0 Å². The van der Waals surface area contributed by atoms with Crippen LogP contribution in [0.15, 0.2) is 223 Å². The number of hydrogen-bond donors (Lipinski definition) is 0. The zero-order valence-electron chi connectivity index (χ0n) is 35.5. The number of aromatic nitrogens is 4. The molecule has 0 aliphatic heterocycles. The van der Waals surface area contributed by atoms with Crippen molar-refractivity contribution < 1.29 is 4.42 Å². The van der Waals surface area contributed by atoms with E-state index in [9.17, 15) is 0 Å². The highest BCUT2D eigenvalue weighted by atomic mass is 16.3. The summed E-state index contributed by atoms with van der Waals surface area (Å²) in [6.45, 7) is 0. The lowest BCUT2D eigenvalue weighted by Gasteiger charge is -2.14. The molecule has 306 valence electrons. The van der Waals surface area contributed by atoms with Crippen LogP contribution in [0.3, 0.4) is 0 Å². The molecule has 3 heterocycles. The molecule has 0 unspecified atom stereocenters. The van der Waals surface area contributed by atoms with Gasteiger partial charge in [0.1, 0.15) is 11.2 Å². The van der Waals surface area contributed by atoms with E-state index in [0.29, 0.717) is 17.5 Å². The van der Waals surface area contributed by atoms with Gasteiger partial charge in [-0.3, -0.25) is 0 Å². The Morgan fingerprint density at radius 3 is 1.64 bits per heavy atom. The van der Waals surface area contributed by atoms with Gasteiger partial charge in [0.2, 0.25) is 0 Å². The monoisotopic (exact) mass is 840 g/mol. The van der Waals surface area contributed by atoms with Crippen molar-refractivity contribution >= 4 is 86.8 Å². The third-order valence-corrected chi connectivity index (χ3v) is 13.4. The van der Waals surface area contributed by atoms with E-state index < -0.39 is 0 Å². The standard InChI is InChI=1S/C61H36N4O/c1-2-13-37(14-3-1)38-25-27-41(28-26-38)59-62-60(48-24-12-21-39-15-8-10-22-46(39)48)64-61(63-59)49-30-32-53(57-51-34-43-18-5-7-20-45(43)36-55(51)66-58(49)57)65-52-31-29-40-16-9-11-23-47(40)56(52)50-33-42-17-4-6-19-44(42)35-54(50)65/h1-36H. The molecule has 0 aliphatic carbocycles. The molecule has 0 fully saturated rings. The van der Waals surface area contributed by atoms with Crippen LogP contribution < -0.4 is 0 Å². The molecule has 14 aromatic rings. The van der Waals surface area contributed by atoms with E-state index in [2.05, 4.69) is 217 Å². The van der Waals surface area contributed by atoms with Crippen molar-refractivity contribution in [3.63, 3.8) is 0 Å². The Morgan fingerprint density at radius 1 is 0.318 bits per heavy atom. The minimum atomic E-state index is 0.537. The summed E-state index contributed by atoms with van der Waals surface area (Å²) in [5.41, 5.74) is 9.70. The minimum absolute atomic E-state index is 0.537. The SMILES string of the molecule is c1ccc(-c2ccc(-c3nc(-c4cccc5ccccc45)nc(-c4ccc(-n5c6cc7ccccc7cc6c6c7ccccc7ccc65)c5c4oc4cc6ccccc6cc45)n3)cc2)cc1. The van der Waals surface area contributed by atoms with E-state index in [1.807, 2.05) is 6.07 Å². The van der Waals surface area contributed by atoms with E-state index in [4.69, 9.17) is 19.4 Å². The van der Waals surface area contributed by atoms with E-state index in [1.54, 1.807) is 0 Å². The molecule has 0 spiro atoms. The molecule has 0 N–H and O–H groups in total. The van der Waals surface area contributed by atoms with Gasteiger partial charge in [0.05, 0.1) is 27.7 Å². The normalized spacial score (nSPS) is 11.9. The second-order valence-corrected chi connectivity index (χ2v) is 17.1. The molecule has 0 atom stereocenters. The van der Waals surface area contributed by atoms with Crippen LogP contribution in [-0.4, -0.2) is 19.5 Å². The molecular weight excluding hydrogens is 805 g/mol. The fraction of sp³-hybridized carbons (Fsp3) is 0. The Labute approximate surface area is 378 Å². The van der Waals surface area contributed by atoms with Crippen LogP contribution in [-0.2, 0) is 0 Å². The van der Waals surface area contributed by atoms with Crippen LogP contribution in [0.25, 0.3) is 138 Å². The first-order valence-corrected chi connectivity index (χ1v) is 22.3. The Hall–Kier alpha value is -8.93. The molecule has 0 aliphatic rings. The third kappa shape index (κ3) is 5.63. The average Bonchev–Trinajstić information content (AvgIpc) is 3.92. The van der Waals surface area contributed by atoms with Crippen molar-refractivity contribution in [3.8, 4) is 51.0 Å². The maximum Gasteiger partial charge on any atom is 0.167 e. The zero-order valence-corrected chi connectivity index (χ0v) is 35.5. The summed E-state index contributed by atoms with van der Waals surface area (Å²) in [7, 11) is 0. The summed E-state index contributed by atoms with van der Waals surface area (Å²) >= 11 is 0. The van der Waals surface area contributed by atoms with E-state index in [-0.39, 0.29) is 0 Å². The smallest absolute Gasteiger partial charge is 0.167 e. The lowest BCUT2D eigenvalue weighted by atomic mass is 10.0. The summed E-state index contributed by atoms with van der Waals surface area (Å²) in [5, 5.41) is 13.7. The van der Waals surface area contributed by atoms with Crippen molar-refractivity contribution in [1.82, 2.24) is 19.5 Å². The lowest BCUT2D eigenvalue weighted by molar-refractivity contribution is 0.670. The fourth-order valence-corrected chi connectivity index (χ4v) is 10.3. The Bertz CT molecular complexity index is 4280. The van der Waals surface area contributed by atoms with Crippen molar-refractivity contribution in [1.29, 1.82) is 0 Å². The average molecular weight is 841 g/mol. The second-order valence-electron chi connectivity index (χ2n) is 17.1. The molecule has 66 heavy (non-hydrogen) atoms. The number of benzene rings is 11. The maximum absolute atomic E-state index is 7.16. The van der Waals surface area contributed by atoms with E-state index in [1.165, 1.54) is 32.3 Å². The number of fused-ring (bicyclic) bond motifs is 11. The molecule has 11 aromatic carbocycles. The number of furan rings is 1. The summed E-state index contributed by atoms with van der Waals surface area (Å²) in [5.74, 6) is 1.72. The van der Waals surface area contributed by atoms with Gasteiger partial charge in [-0.05, 0) is 96.7 Å². The van der Waals surface area contributed by atoms with E-state index >= 15 is 0 Å². The molecule has 14 rings (SSSR count). The first-order chi connectivity index (χ1) is 32.7. The second kappa shape index (κ2) is 14.3. The quantitative estimate of drug-likeness (QED) is 0.173. The number of rotatable bonds is 5. The molecule has 3 aromatic heterocycles. The van der Waals surface area contributed by atoms with Crippen LogP contribution in [0, 0.1) is 0 Å². The molecule has 0 amide bonds. The predicted molar refractivity (Wildman–Crippen MR) is 273 cm³/mol. The van der Waals surface area contributed by atoms with Gasteiger partial charge < -0.3 is 8.98 Å². The highest BCUT2D eigenvalue weighted by molar-refractivity contribution is 6.25. The summed E-state index contributed by atoms with van der Waals surface area (Å²) in [4.78, 5) is 15.9. The molecule has 0 saturated carbocycles. The zero-order chi connectivity index (χ0) is 43.3. The first kappa shape index (κ1) is 36.5. The Morgan fingerprint density at radius 2 is 0.879 bits per heavy atom. The highest BCUT2D eigenvalue weighted by Gasteiger charge is 2.24. The van der Waals surface area contributed by atoms with Gasteiger partial charge in [0, 0.05) is 27.3 Å². The maximum atomic E-state index is 7.16. The first-order valence-electron chi connectivity index (χ1n) is 22.3. The topological polar surface area (TPSA) is 56.7 Å². The molecule has 5 heteroatoms. The lowest BCUT2D eigenvalue weighted by Crippen LogP contribution is -2.01. The highest BCUT2D eigenvalue weighted by Crippen LogP contribution is 2.45. The predicted octanol–water partition coefficient (Wildman–Crippen LogP) is 16.1. The van der Waals surface area contributed by atoms with Gasteiger partial charge in [-0.25, -0.2) is 15.0 Å². The number of nitrogens with zero attached hydrogens (tertiary/aromatic N) is 4. The van der Waals surface area contributed by atoms with Crippen LogP contribution in [0.2, 0.25) is 0 Å². The molecule has 0 saturated heterocycles. The van der Waals surface area contributed by atoms with Gasteiger partial charge in [0.25, 0.3) is 0 Å². The van der Waals surface area contributed by atoms with Gasteiger partial charge in [-0.15, -0.1) is 0 Å². The Kier molecular flexibility index (Phi) is 7.91. The van der Waals surface area contributed by atoms with Gasteiger partial charge in [0.15, 0.2) is 17.5 Å². The minimum Gasteiger partial charge on any atom is -0.455 e. The van der Waals surface area contributed by atoms with Crippen LogP contribution >= 0.6 is 0 Å². The molecular formula is C61H36N4O. The fourth-order valence-electron chi connectivity index (χ4n) is 10.3. The summed E-state index contributed by atoms with van der Waals surface area (Å²) < 4.78 is 9.60. The summed E-state index contributed by atoms with van der Waals surface area (Å²) in [6.07, 6.45) is 0. The Balaban J connectivity index is 1.07. The molecule has 5 nitrogen and oxygen atoms in total. The van der Waals surface area contributed by atoms with Gasteiger partial charge in [-0.1, -0.05) is 176 Å². The number of hydrogen-bond acceptors (Lipinski definition) is 4. The summed E-state index contributed by atoms with van der Waals surface area (Å²) in [6, 6.07) is 77.5. The van der Waals surface area contributed by atoms with Crippen LogP contribution in [0.1, 0.15) is 0 Å². The van der Waals surface area contributed by atoms with Crippen LogP contribution in [0.5, 0.6) is 0 Å². The largest absolute Gasteiger partial charge is 0.455 e. The third-order valence-electron chi connectivity index (χ3n) is 13.4. The molecule has 0 bridgehead atoms. The van der Waals surface area contributed by atoms with Crippen molar-refractivity contribution in [3.05, 3.63) is 218 Å². The van der Waals surface area contributed by atoms with E-state index in [0.717, 1.165) is 88.0 Å². The van der Waals surface area contributed by atoms with Crippen molar-refractivity contribution in [2.75, 3.05) is 0 Å². The van der Waals surface area contributed by atoms with Crippen molar-refractivity contribution in [2.45, 2.75) is 0 Å².